The third kappa shape index (κ3) is 5.98. The highest BCUT2D eigenvalue weighted by Crippen LogP contribution is 2.32. The smallest absolute Gasteiger partial charge is 0.250 e. The SMILES string of the molecule is O=C(/C=C/c1ccc(OCc2ccccc2)cc1)Nc1nc(-c2ccc(Cl)cc2Cl)cs1. The van der Waals surface area contributed by atoms with E-state index in [0.29, 0.717) is 27.5 Å². The van der Waals surface area contributed by atoms with Crippen LogP contribution in [-0.4, -0.2) is 10.9 Å². The molecule has 0 saturated heterocycles. The molecule has 1 aromatic heterocycles. The molecule has 0 aliphatic carbocycles. The summed E-state index contributed by atoms with van der Waals surface area (Å²) < 4.78 is 5.78. The standard InChI is InChI=1S/C25H18Cl2N2O2S/c26-19-9-12-21(22(27)14-19)23-16-32-25(28-23)29-24(30)13-8-17-6-10-20(11-7-17)31-15-18-4-2-1-3-5-18/h1-14,16H,15H2,(H,28,29,30)/b13-8+. The Morgan fingerprint density at radius 2 is 1.81 bits per heavy atom. The first-order valence-corrected chi connectivity index (χ1v) is 11.4. The lowest BCUT2D eigenvalue weighted by Gasteiger charge is -2.06. The number of halogens is 2. The minimum Gasteiger partial charge on any atom is -0.489 e. The van der Waals surface area contributed by atoms with Crippen molar-refractivity contribution >= 4 is 51.7 Å². The van der Waals surface area contributed by atoms with E-state index in [1.165, 1.54) is 17.4 Å². The predicted molar refractivity (Wildman–Crippen MR) is 132 cm³/mol. The average Bonchev–Trinajstić information content (AvgIpc) is 3.25. The molecule has 4 aromatic rings. The highest BCUT2D eigenvalue weighted by molar-refractivity contribution is 7.14. The number of thiazole rings is 1. The van der Waals surface area contributed by atoms with Gasteiger partial charge in [0, 0.05) is 22.0 Å². The molecule has 0 spiro atoms. The van der Waals surface area contributed by atoms with Crippen molar-refractivity contribution in [1.29, 1.82) is 0 Å². The fourth-order valence-corrected chi connectivity index (χ4v) is 4.11. The van der Waals surface area contributed by atoms with Gasteiger partial charge in [0.2, 0.25) is 5.91 Å². The Morgan fingerprint density at radius 1 is 1.03 bits per heavy atom. The first kappa shape index (κ1) is 22.1. The molecule has 0 fully saturated rings. The lowest BCUT2D eigenvalue weighted by atomic mass is 10.2. The Bertz CT molecular complexity index is 1240. The van der Waals surface area contributed by atoms with E-state index in [4.69, 9.17) is 27.9 Å². The third-order valence-electron chi connectivity index (χ3n) is 4.50. The lowest BCUT2D eigenvalue weighted by molar-refractivity contribution is -0.111. The number of nitrogens with one attached hydrogen (secondary N) is 1. The Kier molecular flexibility index (Phi) is 7.22. The first-order chi connectivity index (χ1) is 15.6. The van der Waals surface area contributed by atoms with Crippen molar-refractivity contribution in [2.75, 3.05) is 5.32 Å². The van der Waals surface area contributed by atoms with E-state index in [0.717, 1.165) is 22.4 Å². The molecule has 0 saturated carbocycles. The van der Waals surface area contributed by atoms with Crippen LogP contribution in [0.5, 0.6) is 5.75 Å². The first-order valence-electron chi connectivity index (χ1n) is 9.73. The molecule has 160 valence electrons. The molecule has 1 heterocycles. The van der Waals surface area contributed by atoms with Gasteiger partial charge in [0.05, 0.1) is 10.7 Å². The van der Waals surface area contributed by atoms with Gasteiger partial charge in [0.15, 0.2) is 5.13 Å². The highest BCUT2D eigenvalue weighted by atomic mass is 35.5. The number of carbonyl (C=O) groups is 1. The second kappa shape index (κ2) is 10.5. The molecule has 0 aliphatic heterocycles. The van der Waals surface area contributed by atoms with Gasteiger partial charge in [-0.25, -0.2) is 4.98 Å². The number of carbonyl (C=O) groups excluding carboxylic acids is 1. The monoisotopic (exact) mass is 480 g/mol. The van der Waals surface area contributed by atoms with Gasteiger partial charge in [-0.2, -0.15) is 0 Å². The number of benzene rings is 3. The summed E-state index contributed by atoms with van der Waals surface area (Å²) in [6, 6.07) is 22.7. The molecule has 3 aromatic carbocycles. The van der Waals surface area contributed by atoms with Crippen LogP contribution in [0.2, 0.25) is 10.0 Å². The van der Waals surface area contributed by atoms with Crippen molar-refractivity contribution in [2.24, 2.45) is 0 Å². The zero-order valence-electron chi connectivity index (χ0n) is 16.8. The van der Waals surface area contributed by atoms with Gasteiger partial charge >= 0.3 is 0 Å². The number of aromatic nitrogens is 1. The molecule has 0 atom stereocenters. The van der Waals surface area contributed by atoms with Crippen LogP contribution in [0.15, 0.2) is 84.3 Å². The van der Waals surface area contributed by atoms with Gasteiger partial charge in [-0.05, 0) is 47.5 Å². The fraction of sp³-hybridized carbons (Fsp3) is 0.0400. The number of anilines is 1. The van der Waals surface area contributed by atoms with E-state index in [-0.39, 0.29) is 5.91 Å². The van der Waals surface area contributed by atoms with Gasteiger partial charge in [-0.1, -0.05) is 65.7 Å². The molecule has 0 radical (unpaired) electrons. The largest absolute Gasteiger partial charge is 0.489 e. The van der Waals surface area contributed by atoms with Crippen molar-refractivity contribution in [3.05, 3.63) is 105 Å². The number of hydrogen-bond donors (Lipinski definition) is 1. The minimum atomic E-state index is -0.266. The summed E-state index contributed by atoms with van der Waals surface area (Å²) in [4.78, 5) is 16.7. The summed E-state index contributed by atoms with van der Waals surface area (Å²) in [5.74, 6) is 0.504. The molecule has 32 heavy (non-hydrogen) atoms. The van der Waals surface area contributed by atoms with E-state index in [1.54, 1.807) is 24.3 Å². The van der Waals surface area contributed by atoms with Gasteiger partial charge in [0.25, 0.3) is 0 Å². The quantitative estimate of drug-likeness (QED) is 0.281. The number of nitrogens with zero attached hydrogens (tertiary/aromatic N) is 1. The maximum absolute atomic E-state index is 12.3. The molecular weight excluding hydrogens is 463 g/mol. The number of hydrogen-bond acceptors (Lipinski definition) is 4. The summed E-state index contributed by atoms with van der Waals surface area (Å²) >= 11 is 13.5. The summed E-state index contributed by atoms with van der Waals surface area (Å²) in [5, 5.41) is 6.17. The van der Waals surface area contributed by atoms with Gasteiger partial charge in [-0.15, -0.1) is 11.3 Å². The maximum Gasteiger partial charge on any atom is 0.250 e. The molecule has 1 amide bonds. The molecule has 0 bridgehead atoms. The second-order valence-corrected chi connectivity index (χ2v) is 8.53. The van der Waals surface area contributed by atoms with Crippen LogP contribution in [-0.2, 0) is 11.4 Å². The number of amides is 1. The van der Waals surface area contributed by atoms with Gasteiger partial charge in [-0.3, -0.25) is 10.1 Å². The summed E-state index contributed by atoms with van der Waals surface area (Å²) in [7, 11) is 0. The van der Waals surface area contributed by atoms with Crippen LogP contribution in [0.1, 0.15) is 11.1 Å². The van der Waals surface area contributed by atoms with Gasteiger partial charge in [0.1, 0.15) is 12.4 Å². The van der Waals surface area contributed by atoms with Crippen molar-refractivity contribution in [3.63, 3.8) is 0 Å². The van der Waals surface area contributed by atoms with E-state index in [9.17, 15) is 4.79 Å². The number of rotatable bonds is 7. The summed E-state index contributed by atoms with van der Waals surface area (Å²) in [5.41, 5.74) is 3.44. The molecule has 0 aliphatic rings. The normalized spacial score (nSPS) is 10.9. The highest BCUT2D eigenvalue weighted by Gasteiger charge is 2.10. The summed E-state index contributed by atoms with van der Waals surface area (Å²) in [6.45, 7) is 0.509. The van der Waals surface area contributed by atoms with Crippen LogP contribution in [0, 0.1) is 0 Å². The zero-order chi connectivity index (χ0) is 22.3. The Hall–Kier alpha value is -3.12. The Labute approximate surface area is 200 Å². The maximum atomic E-state index is 12.3. The van der Waals surface area contributed by atoms with Crippen LogP contribution >= 0.6 is 34.5 Å². The molecule has 7 heteroatoms. The Morgan fingerprint density at radius 3 is 2.56 bits per heavy atom. The third-order valence-corrected chi connectivity index (χ3v) is 5.80. The van der Waals surface area contributed by atoms with Gasteiger partial charge < -0.3 is 4.74 Å². The van der Waals surface area contributed by atoms with Crippen molar-refractivity contribution in [2.45, 2.75) is 6.61 Å². The molecular formula is C25H18Cl2N2O2S. The minimum absolute atomic E-state index is 0.266. The molecule has 4 rings (SSSR count). The van der Waals surface area contributed by atoms with Crippen molar-refractivity contribution in [1.82, 2.24) is 4.98 Å². The van der Waals surface area contributed by atoms with E-state index < -0.39 is 0 Å². The van der Waals surface area contributed by atoms with Crippen LogP contribution in [0.4, 0.5) is 5.13 Å². The van der Waals surface area contributed by atoms with Crippen LogP contribution in [0.25, 0.3) is 17.3 Å². The van der Waals surface area contributed by atoms with E-state index in [2.05, 4.69) is 10.3 Å². The average molecular weight is 481 g/mol. The molecule has 4 nitrogen and oxygen atoms in total. The van der Waals surface area contributed by atoms with Crippen LogP contribution < -0.4 is 10.1 Å². The van der Waals surface area contributed by atoms with Crippen molar-refractivity contribution in [3.8, 4) is 17.0 Å². The number of ether oxygens (including phenoxy) is 1. The summed E-state index contributed by atoms with van der Waals surface area (Å²) in [6.07, 6.45) is 3.21. The second-order valence-electron chi connectivity index (χ2n) is 6.83. The van der Waals surface area contributed by atoms with E-state index in [1.807, 2.05) is 60.0 Å². The molecule has 1 N–H and O–H groups in total. The van der Waals surface area contributed by atoms with E-state index >= 15 is 0 Å². The predicted octanol–water partition coefficient (Wildman–Crippen LogP) is 7.35. The Balaban J connectivity index is 1.32. The topological polar surface area (TPSA) is 51.2 Å². The van der Waals surface area contributed by atoms with Crippen molar-refractivity contribution < 1.29 is 9.53 Å². The lowest BCUT2D eigenvalue weighted by Crippen LogP contribution is -2.07. The van der Waals surface area contributed by atoms with Crippen LogP contribution in [0.3, 0.4) is 0 Å². The molecule has 0 unspecified atom stereocenters. The fourth-order valence-electron chi connectivity index (χ4n) is 2.89. The zero-order valence-corrected chi connectivity index (χ0v) is 19.1.